The maximum Gasteiger partial charge on any atom is 0.123 e. The Hall–Kier alpha value is -0.640. The molecule has 1 aromatic carbocycles. The third kappa shape index (κ3) is 2.77. The fourth-order valence-electron chi connectivity index (χ4n) is 0.843. The number of rotatable bonds is 2. The molecule has 4 heteroatoms. The zero-order chi connectivity index (χ0) is 8.27. The van der Waals surface area contributed by atoms with E-state index < -0.39 is 6.04 Å². The highest BCUT2D eigenvalue weighted by Crippen LogP contribution is 2.10. The Morgan fingerprint density at radius 2 is 2.17 bits per heavy atom. The van der Waals surface area contributed by atoms with Crippen LogP contribution < -0.4 is 5.73 Å². The highest BCUT2D eigenvalue weighted by atomic mass is 35.5. The Bertz CT molecular complexity index is 244. The van der Waals surface area contributed by atoms with E-state index in [0.717, 1.165) is 0 Å². The molecule has 0 fully saturated rings. The van der Waals surface area contributed by atoms with Gasteiger partial charge in [-0.3, -0.25) is 0 Å². The molecule has 1 aromatic rings. The average Bonchev–Trinajstić information content (AvgIpc) is 2.03. The standard InChI is InChI=1S/C8H10FNO.ClH/c9-7-3-1-2-6(4-7)8(10)5-11;/h1-4,8,11H,5,10H2;1H/t8-;/m0./s1. The molecule has 0 aliphatic rings. The van der Waals surface area contributed by atoms with Crippen molar-refractivity contribution in [3.8, 4) is 0 Å². The molecule has 0 radical (unpaired) electrons. The Kier molecular flexibility index (Phi) is 4.81. The van der Waals surface area contributed by atoms with Gasteiger partial charge in [0.05, 0.1) is 12.6 Å². The van der Waals surface area contributed by atoms with Gasteiger partial charge in [-0.1, -0.05) is 12.1 Å². The summed E-state index contributed by atoms with van der Waals surface area (Å²) < 4.78 is 12.5. The predicted octanol–water partition coefficient (Wildman–Crippen LogP) is 1.24. The Morgan fingerprint density at radius 3 is 2.67 bits per heavy atom. The van der Waals surface area contributed by atoms with Crippen LogP contribution >= 0.6 is 12.4 Å². The first kappa shape index (κ1) is 11.4. The summed E-state index contributed by atoms with van der Waals surface area (Å²) in [6, 6.07) is 5.43. The molecule has 0 aromatic heterocycles. The molecule has 0 saturated carbocycles. The molecule has 0 spiro atoms. The number of aliphatic hydroxyl groups excluding tert-OH is 1. The molecule has 3 N–H and O–H groups in total. The van der Waals surface area contributed by atoms with Crippen molar-refractivity contribution in [1.82, 2.24) is 0 Å². The van der Waals surface area contributed by atoms with Crippen LogP contribution in [0.1, 0.15) is 11.6 Å². The van der Waals surface area contributed by atoms with Gasteiger partial charge in [-0.15, -0.1) is 12.4 Å². The van der Waals surface area contributed by atoms with E-state index in [2.05, 4.69) is 0 Å². The van der Waals surface area contributed by atoms with Gasteiger partial charge in [0.25, 0.3) is 0 Å². The molecule has 0 saturated heterocycles. The van der Waals surface area contributed by atoms with Crippen LogP contribution in [-0.4, -0.2) is 11.7 Å². The molecule has 68 valence electrons. The number of benzene rings is 1. The molecule has 1 atom stereocenters. The van der Waals surface area contributed by atoms with E-state index in [1.807, 2.05) is 0 Å². The van der Waals surface area contributed by atoms with Crippen molar-refractivity contribution in [3.05, 3.63) is 35.6 Å². The van der Waals surface area contributed by atoms with Crippen LogP contribution in [0.15, 0.2) is 24.3 Å². The van der Waals surface area contributed by atoms with Gasteiger partial charge >= 0.3 is 0 Å². The fourth-order valence-corrected chi connectivity index (χ4v) is 0.843. The SMILES string of the molecule is Cl.N[C@@H](CO)c1cccc(F)c1. The van der Waals surface area contributed by atoms with Gasteiger partial charge in [-0.2, -0.15) is 0 Å². The van der Waals surface area contributed by atoms with Crippen LogP contribution in [0.5, 0.6) is 0 Å². The first-order valence-electron chi connectivity index (χ1n) is 3.36. The molecule has 2 nitrogen and oxygen atoms in total. The van der Waals surface area contributed by atoms with Gasteiger partial charge in [0.2, 0.25) is 0 Å². The van der Waals surface area contributed by atoms with Crippen LogP contribution in [0, 0.1) is 5.82 Å². The topological polar surface area (TPSA) is 46.2 Å². The van der Waals surface area contributed by atoms with E-state index in [-0.39, 0.29) is 24.8 Å². The van der Waals surface area contributed by atoms with Gasteiger partial charge < -0.3 is 10.8 Å². The normalized spacial score (nSPS) is 11.9. The summed E-state index contributed by atoms with van der Waals surface area (Å²) in [6.07, 6.45) is 0. The van der Waals surface area contributed by atoms with Crippen molar-refractivity contribution in [2.75, 3.05) is 6.61 Å². The maximum atomic E-state index is 12.5. The Labute approximate surface area is 76.6 Å². The van der Waals surface area contributed by atoms with Crippen LogP contribution in [-0.2, 0) is 0 Å². The second-order valence-corrected chi connectivity index (χ2v) is 2.34. The van der Waals surface area contributed by atoms with Crippen LogP contribution in [0.25, 0.3) is 0 Å². The second-order valence-electron chi connectivity index (χ2n) is 2.34. The molecule has 0 unspecified atom stereocenters. The van der Waals surface area contributed by atoms with Gasteiger partial charge in [0.15, 0.2) is 0 Å². The highest BCUT2D eigenvalue weighted by molar-refractivity contribution is 5.85. The summed E-state index contributed by atoms with van der Waals surface area (Å²) in [7, 11) is 0. The van der Waals surface area contributed by atoms with E-state index in [4.69, 9.17) is 10.8 Å². The molecular formula is C8H11ClFNO. The molecule has 0 aliphatic carbocycles. The average molecular weight is 192 g/mol. The maximum absolute atomic E-state index is 12.5. The molecule has 1 rings (SSSR count). The highest BCUT2D eigenvalue weighted by Gasteiger charge is 2.03. The Morgan fingerprint density at radius 1 is 1.50 bits per heavy atom. The quantitative estimate of drug-likeness (QED) is 0.739. The lowest BCUT2D eigenvalue weighted by molar-refractivity contribution is 0.268. The summed E-state index contributed by atoms with van der Waals surface area (Å²) in [6.45, 7) is -0.163. The van der Waals surface area contributed by atoms with E-state index in [0.29, 0.717) is 5.56 Å². The number of hydrogen-bond acceptors (Lipinski definition) is 2. The van der Waals surface area contributed by atoms with Crippen molar-refractivity contribution in [1.29, 1.82) is 0 Å². The smallest absolute Gasteiger partial charge is 0.123 e. The zero-order valence-electron chi connectivity index (χ0n) is 6.40. The zero-order valence-corrected chi connectivity index (χ0v) is 7.22. The monoisotopic (exact) mass is 191 g/mol. The van der Waals surface area contributed by atoms with E-state index in [1.165, 1.54) is 12.1 Å². The minimum atomic E-state index is -0.481. The molecule has 0 amide bonds. The van der Waals surface area contributed by atoms with E-state index in [1.54, 1.807) is 12.1 Å². The molecule has 0 bridgehead atoms. The number of halogens is 2. The van der Waals surface area contributed by atoms with Gasteiger partial charge in [0.1, 0.15) is 5.82 Å². The van der Waals surface area contributed by atoms with Gasteiger partial charge in [0, 0.05) is 0 Å². The minimum Gasteiger partial charge on any atom is -0.394 e. The predicted molar refractivity (Wildman–Crippen MR) is 47.7 cm³/mol. The van der Waals surface area contributed by atoms with Crippen molar-refractivity contribution in [3.63, 3.8) is 0 Å². The minimum absolute atomic E-state index is 0. The first-order valence-corrected chi connectivity index (χ1v) is 3.36. The van der Waals surface area contributed by atoms with Gasteiger partial charge in [-0.05, 0) is 17.7 Å². The lowest BCUT2D eigenvalue weighted by Gasteiger charge is -2.06. The van der Waals surface area contributed by atoms with Crippen LogP contribution in [0.3, 0.4) is 0 Å². The lowest BCUT2D eigenvalue weighted by atomic mass is 10.1. The second kappa shape index (κ2) is 5.09. The number of hydrogen-bond donors (Lipinski definition) is 2. The summed E-state index contributed by atoms with van der Waals surface area (Å²) >= 11 is 0. The molecular weight excluding hydrogens is 181 g/mol. The summed E-state index contributed by atoms with van der Waals surface area (Å²) in [5, 5.41) is 8.63. The molecule has 0 aliphatic heterocycles. The summed E-state index contributed by atoms with van der Waals surface area (Å²) in [5.41, 5.74) is 6.06. The van der Waals surface area contributed by atoms with Gasteiger partial charge in [-0.25, -0.2) is 4.39 Å². The van der Waals surface area contributed by atoms with E-state index >= 15 is 0 Å². The van der Waals surface area contributed by atoms with Crippen molar-refractivity contribution in [2.24, 2.45) is 5.73 Å². The van der Waals surface area contributed by atoms with Crippen LogP contribution in [0.4, 0.5) is 4.39 Å². The molecule has 12 heavy (non-hydrogen) atoms. The molecule has 0 heterocycles. The fraction of sp³-hybridized carbons (Fsp3) is 0.250. The first-order chi connectivity index (χ1) is 5.24. The van der Waals surface area contributed by atoms with Crippen molar-refractivity contribution < 1.29 is 9.50 Å². The summed E-state index contributed by atoms with van der Waals surface area (Å²) in [4.78, 5) is 0. The van der Waals surface area contributed by atoms with Crippen molar-refractivity contribution in [2.45, 2.75) is 6.04 Å². The van der Waals surface area contributed by atoms with E-state index in [9.17, 15) is 4.39 Å². The largest absolute Gasteiger partial charge is 0.394 e. The Balaban J connectivity index is 0.00000121. The summed E-state index contributed by atoms with van der Waals surface area (Å²) in [5.74, 6) is -0.327. The van der Waals surface area contributed by atoms with Crippen molar-refractivity contribution >= 4 is 12.4 Å². The lowest BCUT2D eigenvalue weighted by Crippen LogP contribution is -2.14. The third-order valence-electron chi connectivity index (χ3n) is 1.47. The van der Waals surface area contributed by atoms with Crippen LogP contribution in [0.2, 0.25) is 0 Å². The third-order valence-corrected chi connectivity index (χ3v) is 1.47. The number of aliphatic hydroxyl groups is 1. The number of nitrogens with two attached hydrogens (primary N) is 1.